The Labute approximate surface area is 108 Å². The van der Waals surface area contributed by atoms with Crippen molar-refractivity contribution in [1.82, 2.24) is 0 Å². The third kappa shape index (κ3) is 3.23. The van der Waals surface area contributed by atoms with Crippen LogP contribution in [0.25, 0.3) is 0 Å². The van der Waals surface area contributed by atoms with Crippen LogP contribution in [0.2, 0.25) is 0 Å². The molecule has 4 nitrogen and oxygen atoms in total. The van der Waals surface area contributed by atoms with E-state index in [2.05, 4.69) is 5.32 Å². The van der Waals surface area contributed by atoms with Crippen LogP contribution in [0.1, 0.15) is 30.1 Å². The van der Waals surface area contributed by atoms with Crippen molar-refractivity contribution < 1.29 is 9.53 Å². The van der Waals surface area contributed by atoms with Gasteiger partial charge in [-0.3, -0.25) is 4.79 Å². The van der Waals surface area contributed by atoms with E-state index < -0.39 is 0 Å². The largest absolute Gasteiger partial charge is 0.398 e. The van der Waals surface area contributed by atoms with Gasteiger partial charge in [0.1, 0.15) is 0 Å². The summed E-state index contributed by atoms with van der Waals surface area (Å²) in [7, 11) is 0. The summed E-state index contributed by atoms with van der Waals surface area (Å²) in [5, 5.41) is 3.35. The minimum atomic E-state index is -0.000250. The molecule has 0 amide bonds. The third-order valence-electron chi connectivity index (χ3n) is 3.28. The monoisotopic (exact) mass is 248 g/mol. The molecule has 0 bridgehead atoms. The van der Waals surface area contributed by atoms with Gasteiger partial charge >= 0.3 is 0 Å². The molecule has 1 unspecified atom stereocenters. The predicted octanol–water partition coefficient (Wildman–Crippen LogP) is 2.31. The maximum Gasteiger partial charge on any atom is 0.161 e. The van der Waals surface area contributed by atoms with Gasteiger partial charge in [0.25, 0.3) is 0 Å². The molecule has 1 heterocycles. The molecule has 1 aliphatic rings. The molecule has 18 heavy (non-hydrogen) atoms. The zero-order valence-electron chi connectivity index (χ0n) is 10.7. The molecule has 2 rings (SSSR count). The second kappa shape index (κ2) is 5.87. The molecule has 0 spiro atoms. The molecule has 4 heteroatoms. The second-order valence-electron chi connectivity index (χ2n) is 4.82. The molecule has 1 aromatic carbocycles. The van der Waals surface area contributed by atoms with Gasteiger partial charge in [-0.1, -0.05) is 0 Å². The molecule has 0 aliphatic carbocycles. The number of nitrogens with two attached hydrogens (primary N) is 1. The predicted molar refractivity (Wildman–Crippen MR) is 72.9 cm³/mol. The first-order valence-electron chi connectivity index (χ1n) is 6.39. The topological polar surface area (TPSA) is 64.3 Å². The zero-order chi connectivity index (χ0) is 13.0. The average Bonchev–Trinajstić information content (AvgIpc) is 2.37. The summed E-state index contributed by atoms with van der Waals surface area (Å²) in [6.45, 7) is 4.13. The number of carbonyl (C=O) groups excluding carboxylic acids is 1. The number of benzene rings is 1. The van der Waals surface area contributed by atoms with Crippen molar-refractivity contribution in [3.63, 3.8) is 0 Å². The van der Waals surface area contributed by atoms with E-state index in [1.54, 1.807) is 6.07 Å². The molecule has 0 saturated carbocycles. The van der Waals surface area contributed by atoms with Gasteiger partial charge in [-0.15, -0.1) is 0 Å². The maximum atomic E-state index is 11.3. The quantitative estimate of drug-likeness (QED) is 0.634. The van der Waals surface area contributed by atoms with Crippen molar-refractivity contribution in [3.05, 3.63) is 23.8 Å². The molecule has 1 atom stereocenters. The number of nitrogens with one attached hydrogen (secondary N) is 1. The smallest absolute Gasteiger partial charge is 0.161 e. The van der Waals surface area contributed by atoms with Crippen molar-refractivity contribution >= 4 is 17.2 Å². The minimum Gasteiger partial charge on any atom is -0.398 e. The Morgan fingerprint density at radius 3 is 3.00 bits per heavy atom. The van der Waals surface area contributed by atoms with Crippen molar-refractivity contribution in [2.75, 3.05) is 30.8 Å². The summed E-state index contributed by atoms with van der Waals surface area (Å²) < 4.78 is 5.44. The molecule has 0 radical (unpaired) electrons. The minimum absolute atomic E-state index is 0.000250. The van der Waals surface area contributed by atoms with E-state index in [1.165, 1.54) is 13.3 Å². The molecular weight excluding hydrogens is 228 g/mol. The highest BCUT2D eigenvalue weighted by Gasteiger charge is 2.13. The van der Waals surface area contributed by atoms with Crippen LogP contribution in [0, 0.1) is 5.92 Å². The Morgan fingerprint density at radius 2 is 2.39 bits per heavy atom. The van der Waals surface area contributed by atoms with Gasteiger partial charge in [0.05, 0.1) is 6.61 Å². The first kappa shape index (κ1) is 12.9. The van der Waals surface area contributed by atoms with Gasteiger partial charge < -0.3 is 15.8 Å². The lowest BCUT2D eigenvalue weighted by atomic mass is 10.0. The number of hydrogen-bond acceptors (Lipinski definition) is 4. The van der Waals surface area contributed by atoms with Crippen LogP contribution < -0.4 is 11.1 Å². The number of ketones is 1. The Kier molecular flexibility index (Phi) is 4.20. The maximum absolute atomic E-state index is 11.3. The van der Waals surface area contributed by atoms with Gasteiger partial charge in [-0.05, 0) is 43.9 Å². The number of ether oxygens (including phenoxy) is 1. The fourth-order valence-electron chi connectivity index (χ4n) is 2.22. The van der Waals surface area contributed by atoms with Gasteiger partial charge in [0.2, 0.25) is 0 Å². The molecule has 1 fully saturated rings. The highest BCUT2D eigenvalue weighted by molar-refractivity contribution is 5.99. The van der Waals surface area contributed by atoms with Crippen molar-refractivity contribution in [2.45, 2.75) is 19.8 Å². The average molecular weight is 248 g/mol. The van der Waals surface area contributed by atoms with Crippen molar-refractivity contribution in [1.29, 1.82) is 0 Å². The first-order valence-corrected chi connectivity index (χ1v) is 6.39. The molecule has 0 aromatic heterocycles. The summed E-state index contributed by atoms with van der Waals surface area (Å²) in [5.74, 6) is 0.562. The van der Waals surface area contributed by atoms with Crippen LogP contribution in [0.4, 0.5) is 11.4 Å². The zero-order valence-corrected chi connectivity index (χ0v) is 10.7. The fourth-order valence-corrected chi connectivity index (χ4v) is 2.22. The SMILES string of the molecule is CC(=O)c1ccc(NCC2CCCOC2)cc1N. The van der Waals surface area contributed by atoms with Crippen LogP contribution in [-0.4, -0.2) is 25.5 Å². The Morgan fingerprint density at radius 1 is 1.56 bits per heavy atom. The Bertz CT molecular complexity index is 426. The summed E-state index contributed by atoms with van der Waals surface area (Å²) >= 11 is 0. The number of Topliss-reactive ketones (excluding diaryl/α,β-unsaturated/α-hetero) is 1. The molecule has 98 valence electrons. The summed E-state index contributed by atoms with van der Waals surface area (Å²) in [6, 6.07) is 5.49. The van der Waals surface area contributed by atoms with Crippen LogP contribution in [0.15, 0.2) is 18.2 Å². The lowest BCUT2D eigenvalue weighted by Gasteiger charge is -2.22. The standard InChI is InChI=1S/C14H20N2O2/c1-10(17)13-5-4-12(7-14(13)15)16-8-11-3-2-6-18-9-11/h4-5,7,11,16H,2-3,6,8-9,15H2,1H3. The van der Waals surface area contributed by atoms with Gasteiger partial charge in [-0.25, -0.2) is 0 Å². The molecule has 1 saturated heterocycles. The highest BCUT2D eigenvalue weighted by atomic mass is 16.5. The van der Waals surface area contributed by atoms with E-state index in [1.807, 2.05) is 12.1 Å². The third-order valence-corrected chi connectivity index (χ3v) is 3.28. The number of nitrogen functional groups attached to an aromatic ring is 1. The van der Waals surface area contributed by atoms with Gasteiger partial charge in [-0.2, -0.15) is 0 Å². The number of rotatable bonds is 4. The van der Waals surface area contributed by atoms with Crippen molar-refractivity contribution in [3.8, 4) is 0 Å². The number of hydrogen-bond donors (Lipinski definition) is 2. The van der Waals surface area contributed by atoms with Crippen LogP contribution in [0.5, 0.6) is 0 Å². The Hall–Kier alpha value is -1.55. The van der Waals surface area contributed by atoms with Crippen LogP contribution >= 0.6 is 0 Å². The van der Waals surface area contributed by atoms with Gasteiger partial charge in [0.15, 0.2) is 5.78 Å². The van der Waals surface area contributed by atoms with Crippen LogP contribution in [-0.2, 0) is 4.74 Å². The van der Waals surface area contributed by atoms with Gasteiger partial charge in [0, 0.05) is 30.1 Å². The lowest BCUT2D eigenvalue weighted by molar-refractivity contribution is 0.0595. The van der Waals surface area contributed by atoms with E-state index in [-0.39, 0.29) is 5.78 Å². The number of anilines is 2. The molecule has 3 N–H and O–H groups in total. The summed E-state index contributed by atoms with van der Waals surface area (Å²) in [6.07, 6.45) is 2.34. The van der Waals surface area contributed by atoms with E-state index >= 15 is 0 Å². The lowest BCUT2D eigenvalue weighted by Crippen LogP contribution is -2.24. The normalized spacial score (nSPS) is 19.5. The van der Waals surface area contributed by atoms with E-state index in [4.69, 9.17) is 10.5 Å². The van der Waals surface area contributed by atoms with E-state index in [0.717, 1.165) is 31.9 Å². The summed E-state index contributed by atoms with van der Waals surface area (Å²) in [5.41, 5.74) is 7.93. The van der Waals surface area contributed by atoms with Crippen molar-refractivity contribution in [2.24, 2.45) is 5.92 Å². The molecular formula is C14H20N2O2. The fraction of sp³-hybridized carbons (Fsp3) is 0.500. The molecule has 1 aliphatic heterocycles. The number of carbonyl (C=O) groups is 1. The van der Waals surface area contributed by atoms with E-state index in [0.29, 0.717) is 17.2 Å². The first-order chi connectivity index (χ1) is 8.66. The second-order valence-corrected chi connectivity index (χ2v) is 4.82. The molecule has 1 aromatic rings. The van der Waals surface area contributed by atoms with Crippen LogP contribution in [0.3, 0.4) is 0 Å². The summed E-state index contributed by atoms with van der Waals surface area (Å²) in [4.78, 5) is 11.3. The highest BCUT2D eigenvalue weighted by Crippen LogP contribution is 2.20. The Balaban J connectivity index is 1.93. The van der Waals surface area contributed by atoms with E-state index in [9.17, 15) is 4.79 Å².